The number of rotatable bonds is 6. The summed E-state index contributed by atoms with van der Waals surface area (Å²) in [5.41, 5.74) is -0.386. The minimum Gasteiger partial charge on any atom is -0.379 e. The molecule has 0 aliphatic heterocycles. The highest BCUT2D eigenvalue weighted by molar-refractivity contribution is 7.89. The summed E-state index contributed by atoms with van der Waals surface area (Å²) in [5.74, 6) is 0.137. The van der Waals surface area contributed by atoms with E-state index in [4.69, 9.17) is 5.14 Å². The molecule has 7 nitrogen and oxygen atoms in total. The molecular weight excluding hydrogens is 326 g/mol. The van der Waals surface area contributed by atoms with Crippen LogP contribution in [-0.2, 0) is 10.0 Å². The van der Waals surface area contributed by atoms with Crippen LogP contribution in [0.5, 0.6) is 0 Å². The normalized spacial score (nSPS) is 12.8. The van der Waals surface area contributed by atoms with E-state index in [9.17, 15) is 18.5 Å². The Bertz CT molecular complexity index is 773. The molecule has 1 heterocycles. The average Bonchev–Trinajstić information content (AvgIpc) is 2.97. The van der Waals surface area contributed by atoms with Crippen LogP contribution in [0.15, 0.2) is 40.6 Å². The van der Waals surface area contributed by atoms with Crippen molar-refractivity contribution in [3.05, 3.63) is 50.7 Å². The fraction of sp³-hybridized carbons (Fsp3) is 0.231. The van der Waals surface area contributed by atoms with Crippen LogP contribution in [0, 0.1) is 10.1 Å². The van der Waals surface area contributed by atoms with Crippen molar-refractivity contribution in [3.8, 4) is 0 Å². The molecule has 0 unspecified atom stereocenters. The van der Waals surface area contributed by atoms with Crippen LogP contribution in [-0.4, -0.2) is 19.9 Å². The molecule has 0 saturated heterocycles. The van der Waals surface area contributed by atoms with Gasteiger partial charge in [0.1, 0.15) is 5.69 Å². The number of nitro groups is 1. The second kappa shape index (κ2) is 6.42. The fourth-order valence-corrected chi connectivity index (χ4v) is 3.53. The van der Waals surface area contributed by atoms with Crippen molar-refractivity contribution >= 4 is 32.7 Å². The van der Waals surface area contributed by atoms with Crippen LogP contribution in [0.1, 0.15) is 17.7 Å². The highest BCUT2D eigenvalue weighted by atomic mass is 32.2. The summed E-state index contributed by atoms with van der Waals surface area (Å²) in [5, 5.41) is 21.1. The summed E-state index contributed by atoms with van der Waals surface area (Å²) in [6.45, 7) is 2.42. The maximum Gasteiger partial charge on any atom is 0.312 e. The maximum atomic E-state index is 11.5. The summed E-state index contributed by atoms with van der Waals surface area (Å²) in [6.07, 6.45) is 0. The van der Waals surface area contributed by atoms with Gasteiger partial charge in [-0.1, -0.05) is 19.1 Å². The molecule has 0 bridgehead atoms. The number of hydrogen-bond donors (Lipinski definition) is 2. The maximum absolute atomic E-state index is 11.5. The smallest absolute Gasteiger partial charge is 0.312 e. The predicted molar refractivity (Wildman–Crippen MR) is 85.7 cm³/mol. The van der Waals surface area contributed by atoms with E-state index in [-0.39, 0.29) is 11.6 Å². The molecule has 2 aromatic rings. The Morgan fingerprint density at radius 2 is 2.09 bits per heavy atom. The van der Waals surface area contributed by atoms with Crippen LogP contribution in [0.3, 0.4) is 0 Å². The Morgan fingerprint density at radius 1 is 1.36 bits per heavy atom. The zero-order chi connectivity index (χ0) is 16.3. The predicted octanol–water partition coefficient (Wildman–Crippen LogP) is 2.52. The highest BCUT2D eigenvalue weighted by Crippen LogP contribution is 2.32. The van der Waals surface area contributed by atoms with E-state index in [1.54, 1.807) is 11.3 Å². The van der Waals surface area contributed by atoms with Crippen molar-refractivity contribution < 1.29 is 13.3 Å². The van der Waals surface area contributed by atoms with Crippen molar-refractivity contribution in [3.63, 3.8) is 0 Å². The fourth-order valence-electron chi connectivity index (χ4n) is 2.02. The van der Waals surface area contributed by atoms with Crippen molar-refractivity contribution in [1.82, 2.24) is 0 Å². The zero-order valence-corrected chi connectivity index (χ0v) is 13.4. The van der Waals surface area contributed by atoms with Gasteiger partial charge in [-0.2, -0.15) is 0 Å². The van der Waals surface area contributed by atoms with Gasteiger partial charge in [0.2, 0.25) is 10.0 Å². The quantitative estimate of drug-likeness (QED) is 0.619. The van der Waals surface area contributed by atoms with Crippen LogP contribution in [0.4, 0.5) is 11.4 Å². The minimum absolute atomic E-state index is 0.137. The molecule has 0 aliphatic rings. The molecule has 0 aliphatic carbocycles. The molecule has 9 heteroatoms. The number of benzene rings is 1. The number of primary sulfonamides is 1. The van der Waals surface area contributed by atoms with Gasteiger partial charge in [0.05, 0.1) is 4.92 Å². The van der Waals surface area contributed by atoms with Crippen LogP contribution in [0.2, 0.25) is 0 Å². The van der Waals surface area contributed by atoms with Crippen molar-refractivity contribution in [2.24, 2.45) is 5.14 Å². The summed E-state index contributed by atoms with van der Waals surface area (Å²) in [6, 6.07) is 7.92. The minimum atomic E-state index is -4.16. The van der Waals surface area contributed by atoms with Gasteiger partial charge in [-0.3, -0.25) is 10.1 Å². The molecule has 118 valence electrons. The Kier molecular flexibility index (Phi) is 4.79. The van der Waals surface area contributed by atoms with E-state index in [2.05, 4.69) is 5.32 Å². The number of para-hydroxylation sites is 1. The van der Waals surface area contributed by atoms with Crippen LogP contribution >= 0.6 is 11.3 Å². The molecule has 3 N–H and O–H groups in total. The second-order valence-corrected chi connectivity index (χ2v) is 7.26. The lowest BCUT2D eigenvalue weighted by molar-refractivity contribution is -0.386. The van der Waals surface area contributed by atoms with Gasteiger partial charge in [-0.15, -0.1) is 11.3 Å². The molecule has 1 atom stereocenters. The third kappa shape index (κ3) is 3.62. The molecule has 0 saturated carbocycles. The van der Waals surface area contributed by atoms with Gasteiger partial charge < -0.3 is 5.32 Å². The average molecular weight is 341 g/mol. The third-order valence-corrected chi connectivity index (χ3v) is 5.16. The van der Waals surface area contributed by atoms with Crippen LogP contribution < -0.4 is 10.5 Å². The number of hydrogen-bond acceptors (Lipinski definition) is 6. The number of nitro benzene ring substituents is 1. The number of nitrogens with two attached hydrogens (primary N) is 1. The number of thiophene rings is 1. The lowest BCUT2D eigenvalue weighted by atomic mass is 10.1. The Morgan fingerprint density at radius 3 is 2.64 bits per heavy atom. The van der Waals surface area contributed by atoms with E-state index < -0.39 is 25.5 Å². The van der Waals surface area contributed by atoms with Gasteiger partial charge in [-0.05, 0) is 23.6 Å². The summed E-state index contributed by atoms with van der Waals surface area (Å²) in [7, 11) is -4.16. The molecule has 0 fully saturated rings. The van der Waals surface area contributed by atoms with E-state index >= 15 is 0 Å². The number of sulfonamides is 1. The number of nitrogens with one attached hydrogen (secondary N) is 1. The monoisotopic (exact) mass is 341 g/mol. The van der Waals surface area contributed by atoms with E-state index in [0.717, 1.165) is 10.9 Å². The first-order chi connectivity index (χ1) is 10.3. The van der Waals surface area contributed by atoms with Gasteiger partial charge >= 0.3 is 5.69 Å². The Hall–Kier alpha value is -1.97. The SMILES string of the molecule is C[C@H](CNc1cccc(S(N)(=O)=O)c1[N+](=O)[O-])c1cccs1. The molecule has 0 spiro atoms. The van der Waals surface area contributed by atoms with Crippen molar-refractivity contribution in [1.29, 1.82) is 0 Å². The topological polar surface area (TPSA) is 115 Å². The molecule has 0 radical (unpaired) electrons. The highest BCUT2D eigenvalue weighted by Gasteiger charge is 2.26. The standard InChI is InChI=1S/C13H15N3O4S2/c1-9(11-5-3-7-21-11)8-15-10-4-2-6-12(22(14,19)20)13(10)16(17)18/h2-7,9,15H,8H2,1H3,(H2,14,19,20)/t9-/m1/s1. The van der Waals surface area contributed by atoms with Crippen molar-refractivity contribution in [2.75, 3.05) is 11.9 Å². The first-order valence-corrected chi connectivity index (χ1v) is 8.80. The third-order valence-electron chi connectivity index (χ3n) is 3.12. The molecule has 22 heavy (non-hydrogen) atoms. The zero-order valence-electron chi connectivity index (χ0n) is 11.7. The van der Waals surface area contributed by atoms with E-state index in [1.165, 1.54) is 12.1 Å². The molecule has 0 amide bonds. The number of nitrogens with zero attached hydrogens (tertiary/aromatic N) is 1. The van der Waals surface area contributed by atoms with Crippen molar-refractivity contribution in [2.45, 2.75) is 17.7 Å². The van der Waals surface area contributed by atoms with Gasteiger partial charge in [-0.25, -0.2) is 13.6 Å². The number of anilines is 1. The van der Waals surface area contributed by atoms with Crippen LogP contribution in [0.25, 0.3) is 0 Å². The second-order valence-electron chi connectivity index (χ2n) is 4.75. The van der Waals surface area contributed by atoms with Gasteiger partial charge in [0.15, 0.2) is 4.90 Å². The van der Waals surface area contributed by atoms with E-state index in [0.29, 0.717) is 6.54 Å². The largest absolute Gasteiger partial charge is 0.379 e. The first kappa shape index (κ1) is 16.4. The van der Waals surface area contributed by atoms with Gasteiger partial charge in [0, 0.05) is 17.3 Å². The lowest BCUT2D eigenvalue weighted by Crippen LogP contribution is -2.16. The Balaban J connectivity index is 2.30. The molecule has 1 aromatic heterocycles. The summed E-state index contributed by atoms with van der Waals surface area (Å²) >= 11 is 1.59. The molecule has 2 rings (SSSR count). The molecular formula is C13H15N3O4S2. The lowest BCUT2D eigenvalue weighted by Gasteiger charge is -2.13. The summed E-state index contributed by atoms with van der Waals surface area (Å²) in [4.78, 5) is 11.1. The molecule has 1 aromatic carbocycles. The summed E-state index contributed by atoms with van der Waals surface area (Å²) < 4.78 is 23.0. The van der Waals surface area contributed by atoms with E-state index in [1.807, 2.05) is 24.4 Å². The Labute approximate surface area is 132 Å². The first-order valence-electron chi connectivity index (χ1n) is 6.38. The van der Waals surface area contributed by atoms with Gasteiger partial charge in [0.25, 0.3) is 0 Å².